The average Bonchev–Trinajstić information content (AvgIpc) is 3.05. The molecular formula is C17H15FN6O2S2. The van der Waals surface area contributed by atoms with Crippen LogP contribution in [0.25, 0.3) is 16.9 Å². The summed E-state index contributed by atoms with van der Waals surface area (Å²) < 4.78 is 37.6. The molecule has 3 aromatic rings. The van der Waals surface area contributed by atoms with Gasteiger partial charge >= 0.3 is 0 Å². The number of hydrogen-bond acceptors (Lipinski definition) is 5. The van der Waals surface area contributed by atoms with Crippen LogP contribution in [0.5, 0.6) is 0 Å². The van der Waals surface area contributed by atoms with Gasteiger partial charge in [-0.25, -0.2) is 22.6 Å². The van der Waals surface area contributed by atoms with Crippen LogP contribution in [0.4, 0.5) is 4.39 Å². The molecule has 0 fully saturated rings. The second-order valence-electron chi connectivity index (χ2n) is 5.66. The van der Waals surface area contributed by atoms with Gasteiger partial charge in [0.1, 0.15) is 11.5 Å². The van der Waals surface area contributed by atoms with Crippen LogP contribution >= 0.6 is 12.2 Å². The van der Waals surface area contributed by atoms with Crippen molar-refractivity contribution in [3.05, 3.63) is 66.1 Å². The summed E-state index contributed by atoms with van der Waals surface area (Å²) >= 11 is 4.71. The Morgan fingerprint density at radius 3 is 2.39 bits per heavy atom. The fourth-order valence-electron chi connectivity index (χ4n) is 2.40. The third-order valence-corrected chi connectivity index (χ3v) is 4.69. The van der Waals surface area contributed by atoms with Gasteiger partial charge < -0.3 is 5.73 Å². The van der Waals surface area contributed by atoms with Crippen molar-refractivity contribution in [2.45, 2.75) is 4.90 Å². The highest BCUT2D eigenvalue weighted by Crippen LogP contribution is 2.23. The second-order valence-corrected chi connectivity index (χ2v) is 7.66. The van der Waals surface area contributed by atoms with E-state index in [1.165, 1.54) is 35.2 Å². The van der Waals surface area contributed by atoms with Gasteiger partial charge in [0.15, 0.2) is 5.11 Å². The molecule has 0 saturated carbocycles. The molecule has 28 heavy (non-hydrogen) atoms. The Bertz CT molecular complexity index is 1140. The van der Waals surface area contributed by atoms with Crippen molar-refractivity contribution in [1.82, 2.24) is 15.2 Å². The maximum Gasteiger partial charge on any atom is 0.238 e. The Morgan fingerprint density at radius 1 is 1.18 bits per heavy atom. The van der Waals surface area contributed by atoms with Crippen LogP contribution in [0.2, 0.25) is 0 Å². The molecule has 0 bridgehead atoms. The van der Waals surface area contributed by atoms with E-state index in [2.05, 4.69) is 15.6 Å². The SMILES string of the molecule is NC(=S)N/N=C/c1cn(-c2ccc(S(N)(=O)=O)cc2)nc1-c1ccc(F)cc1. The zero-order valence-corrected chi connectivity index (χ0v) is 15.9. The van der Waals surface area contributed by atoms with Gasteiger partial charge in [0.2, 0.25) is 10.0 Å². The topological polar surface area (TPSA) is 128 Å². The second kappa shape index (κ2) is 7.84. The van der Waals surface area contributed by atoms with E-state index >= 15 is 0 Å². The largest absolute Gasteiger partial charge is 0.375 e. The Balaban J connectivity index is 2.04. The third kappa shape index (κ3) is 4.57. The summed E-state index contributed by atoms with van der Waals surface area (Å²) in [5.41, 5.74) is 10.2. The molecule has 144 valence electrons. The standard InChI is InChI=1S/C17H15FN6O2S2/c18-13-3-1-11(2-4-13)16-12(9-21-22-17(19)27)10-24(23-16)14-5-7-15(8-6-14)28(20,25)26/h1-10H,(H3,19,22,27)(H2,20,25,26)/b21-9+. The number of sulfonamides is 1. The lowest BCUT2D eigenvalue weighted by Crippen LogP contribution is -2.24. The molecule has 0 radical (unpaired) electrons. The van der Waals surface area contributed by atoms with Gasteiger partial charge in [-0.05, 0) is 60.7 Å². The zero-order chi connectivity index (χ0) is 20.3. The number of nitrogens with zero attached hydrogens (tertiary/aromatic N) is 3. The first-order valence-corrected chi connectivity index (χ1v) is 9.77. The molecule has 0 saturated heterocycles. The molecule has 3 rings (SSSR count). The highest BCUT2D eigenvalue weighted by Gasteiger charge is 2.13. The first-order chi connectivity index (χ1) is 13.2. The number of thiocarbonyl (C=S) groups is 1. The number of hydrazone groups is 1. The molecule has 0 amide bonds. The number of halogens is 1. The third-order valence-electron chi connectivity index (χ3n) is 3.67. The van der Waals surface area contributed by atoms with E-state index in [0.717, 1.165) is 0 Å². The molecule has 0 aliphatic carbocycles. The maximum atomic E-state index is 13.2. The number of nitrogens with one attached hydrogen (secondary N) is 1. The van der Waals surface area contributed by atoms with Crippen LogP contribution in [0.1, 0.15) is 5.56 Å². The lowest BCUT2D eigenvalue weighted by molar-refractivity contribution is 0.597. The first-order valence-electron chi connectivity index (χ1n) is 7.81. The summed E-state index contributed by atoms with van der Waals surface area (Å²) in [6.45, 7) is 0. The number of nitrogens with two attached hydrogens (primary N) is 2. The predicted molar refractivity (Wildman–Crippen MR) is 108 cm³/mol. The molecule has 5 N–H and O–H groups in total. The van der Waals surface area contributed by atoms with E-state index in [4.69, 9.17) is 23.1 Å². The van der Waals surface area contributed by atoms with Crippen molar-refractivity contribution in [3.8, 4) is 16.9 Å². The lowest BCUT2D eigenvalue weighted by atomic mass is 10.1. The summed E-state index contributed by atoms with van der Waals surface area (Å²) in [4.78, 5) is -0.00962. The van der Waals surface area contributed by atoms with Crippen LogP contribution in [0, 0.1) is 5.82 Å². The minimum atomic E-state index is -3.79. The van der Waals surface area contributed by atoms with E-state index in [1.807, 2.05) is 0 Å². The average molecular weight is 418 g/mol. The number of primary sulfonamides is 1. The summed E-state index contributed by atoms with van der Waals surface area (Å²) in [5.74, 6) is -0.368. The summed E-state index contributed by atoms with van der Waals surface area (Å²) in [7, 11) is -3.79. The molecule has 0 aliphatic rings. The van der Waals surface area contributed by atoms with Crippen molar-refractivity contribution < 1.29 is 12.8 Å². The fraction of sp³-hybridized carbons (Fsp3) is 0. The maximum absolute atomic E-state index is 13.2. The highest BCUT2D eigenvalue weighted by atomic mass is 32.2. The van der Waals surface area contributed by atoms with Crippen LogP contribution in [-0.2, 0) is 10.0 Å². The van der Waals surface area contributed by atoms with Crippen LogP contribution in [0.3, 0.4) is 0 Å². The molecular weight excluding hydrogens is 403 g/mol. The summed E-state index contributed by atoms with van der Waals surface area (Å²) in [6.07, 6.45) is 3.15. The number of hydrogen-bond donors (Lipinski definition) is 3. The van der Waals surface area contributed by atoms with Crippen LogP contribution < -0.4 is 16.3 Å². The molecule has 2 aromatic carbocycles. The van der Waals surface area contributed by atoms with Gasteiger partial charge in [-0.1, -0.05) is 0 Å². The van der Waals surface area contributed by atoms with E-state index in [-0.39, 0.29) is 15.8 Å². The van der Waals surface area contributed by atoms with E-state index in [9.17, 15) is 12.8 Å². The van der Waals surface area contributed by atoms with Gasteiger partial charge in [-0.15, -0.1) is 0 Å². The van der Waals surface area contributed by atoms with E-state index in [0.29, 0.717) is 22.5 Å². The van der Waals surface area contributed by atoms with Gasteiger partial charge in [-0.2, -0.15) is 10.2 Å². The fourth-order valence-corrected chi connectivity index (χ4v) is 2.97. The van der Waals surface area contributed by atoms with Gasteiger partial charge in [0, 0.05) is 17.3 Å². The summed E-state index contributed by atoms with van der Waals surface area (Å²) in [6, 6.07) is 11.7. The highest BCUT2D eigenvalue weighted by molar-refractivity contribution is 7.89. The van der Waals surface area contributed by atoms with Crippen molar-refractivity contribution in [3.63, 3.8) is 0 Å². The molecule has 8 nitrogen and oxygen atoms in total. The molecule has 11 heteroatoms. The normalized spacial score (nSPS) is 11.6. The quantitative estimate of drug-likeness (QED) is 0.327. The predicted octanol–water partition coefficient (Wildman–Crippen LogP) is 1.49. The van der Waals surface area contributed by atoms with Crippen LogP contribution in [0.15, 0.2) is 64.7 Å². The number of benzene rings is 2. The zero-order valence-electron chi connectivity index (χ0n) is 14.3. The monoisotopic (exact) mass is 418 g/mol. The first kappa shape index (κ1) is 19.6. The van der Waals surface area contributed by atoms with Crippen molar-refractivity contribution >= 4 is 33.6 Å². The number of rotatable bonds is 5. The Morgan fingerprint density at radius 2 is 1.82 bits per heavy atom. The molecule has 0 atom stereocenters. The molecule has 1 aromatic heterocycles. The molecule has 1 heterocycles. The van der Waals surface area contributed by atoms with E-state index < -0.39 is 10.0 Å². The minimum absolute atomic E-state index is 0.00515. The van der Waals surface area contributed by atoms with Gasteiger partial charge in [0.25, 0.3) is 0 Å². The van der Waals surface area contributed by atoms with Gasteiger partial charge in [0.05, 0.1) is 16.8 Å². The lowest BCUT2D eigenvalue weighted by Gasteiger charge is -2.03. The number of aromatic nitrogens is 2. The smallest absolute Gasteiger partial charge is 0.238 e. The van der Waals surface area contributed by atoms with Crippen molar-refractivity contribution in [2.24, 2.45) is 16.0 Å². The Labute approximate surface area is 165 Å². The minimum Gasteiger partial charge on any atom is -0.375 e. The Hall–Kier alpha value is -3.15. The molecule has 0 aliphatic heterocycles. The van der Waals surface area contributed by atoms with Crippen molar-refractivity contribution in [1.29, 1.82) is 0 Å². The summed E-state index contributed by atoms with van der Waals surface area (Å²) in [5, 5.41) is 13.6. The molecule has 0 unspecified atom stereocenters. The van der Waals surface area contributed by atoms with Crippen molar-refractivity contribution in [2.75, 3.05) is 0 Å². The van der Waals surface area contributed by atoms with Crippen LogP contribution in [-0.4, -0.2) is 29.5 Å². The Kier molecular flexibility index (Phi) is 5.49. The molecule has 0 spiro atoms. The van der Waals surface area contributed by atoms with E-state index in [1.54, 1.807) is 30.5 Å². The van der Waals surface area contributed by atoms with Gasteiger partial charge in [-0.3, -0.25) is 5.43 Å².